The zero-order valence-corrected chi connectivity index (χ0v) is 12.1. The Labute approximate surface area is 116 Å². The summed E-state index contributed by atoms with van der Waals surface area (Å²) in [5.41, 5.74) is 6.91. The Morgan fingerprint density at radius 2 is 2.21 bits per heavy atom. The summed E-state index contributed by atoms with van der Waals surface area (Å²) in [6.07, 6.45) is 0. The molecule has 4 N–H and O–H groups in total. The molecule has 0 fully saturated rings. The molecule has 2 aromatic rings. The highest BCUT2D eigenvalue weighted by Crippen LogP contribution is 2.28. The van der Waals surface area contributed by atoms with Gasteiger partial charge in [0.1, 0.15) is 0 Å². The number of nitrogen functional groups attached to an aromatic ring is 1. The molecule has 0 atom stereocenters. The van der Waals surface area contributed by atoms with E-state index in [4.69, 9.17) is 5.73 Å². The van der Waals surface area contributed by atoms with E-state index in [1.165, 1.54) is 11.3 Å². The predicted molar refractivity (Wildman–Crippen MR) is 80.4 cm³/mol. The number of aromatic nitrogens is 1. The van der Waals surface area contributed by atoms with E-state index < -0.39 is 5.41 Å². The summed E-state index contributed by atoms with van der Waals surface area (Å²) in [6.45, 7) is 4.32. The molecule has 1 aromatic heterocycles. The van der Waals surface area contributed by atoms with Crippen LogP contribution in [0, 0.1) is 5.41 Å². The third-order valence-electron chi connectivity index (χ3n) is 2.94. The normalized spacial score (nSPS) is 11.5. The Morgan fingerprint density at radius 1 is 1.47 bits per heavy atom. The molecule has 0 saturated carbocycles. The van der Waals surface area contributed by atoms with Crippen molar-refractivity contribution in [2.24, 2.45) is 5.41 Å². The second kappa shape index (κ2) is 5.05. The van der Waals surface area contributed by atoms with Crippen LogP contribution in [-0.4, -0.2) is 24.5 Å². The minimum Gasteiger partial charge on any atom is -0.399 e. The first-order valence-corrected chi connectivity index (χ1v) is 6.86. The Balaban J connectivity index is 2.12. The monoisotopic (exact) mass is 278 g/mol. The summed E-state index contributed by atoms with van der Waals surface area (Å²) in [7, 11) is 1.64. The van der Waals surface area contributed by atoms with Gasteiger partial charge < -0.3 is 16.4 Å². The van der Waals surface area contributed by atoms with Crippen LogP contribution in [0.1, 0.15) is 13.8 Å². The van der Waals surface area contributed by atoms with E-state index in [1.807, 2.05) is 32.0 Å². The number of anilines is 2. The number of benzene rings is 1. The topological polar surface area (TPSA) is 80.0 Å². The SMILES string of the molecule is CNC(=O)C(C)(C)CNc1nc2ccc(N)cc2s1. The highest BCUT2D eigenvalue weighted by Gasteiger charge is 2.26. The first-order valence-electron chi connectivity index (χ1n) is 6.04. The molecule has 0 aliphatic carbocycles. The van der Waals surface area contributed by atoms with Gasteiger partial charge in [0.05, 0.1) is 15.6 Å². The van der Waals surface area contributed by atoms with Crippen LogP contribution in [0.4, 0.5) is 10.8 Å². The maximum absolute atomic E-state index is 11.7. The fraction of sp³-hybridized carbons (Fsp3) is 0.385. The molecule has 0 bridgehead atoms. The standard InChI is InChI=1S/C13H18N4OS/c1-13(2,11(18)15-3)7-16-12-17-9-5-4-8(14)6-10(9)19-12/h4-6H,7,14H2,1-3H3,(H,15,18)(H,16,17). The highest BCUT2D eigenvalue weighted by molar-refractivity contribution is 7.22. The first kappa shape index (κ1) is 13.6. The van der Waals surface area contributed by atoms with Gasteiger partial charge in [-0.15, -0.1) is 0 Å². The fourth-order valence-electron chi connectivity index (χ4n) is 1.73. The Bertz CT molecular complexity index is 606. The average Bonchev–Trinajstić information content (AvgIpc) is 2.77. The number of carbonyl (C=O) groups excluding carboxylic acids is 1. The third kappa shape index (κ3) is 2.96. The number of amides is 1. The second-order valence-corrected chi connectivity index (χ2v) is 6.09. The summed E-state index contributed by atoms with van der Waals surface area (Å²) in [6, 6.07) is 5.64. The fourth-order valence-corrected chi connectivity index (χ4v) is 2.64. The number of hydrogen-bond acceptors (Lipinski definition) is 5. The van der Waals surface area contributed by atoms with Crippen LogP contribution < -0.4 is 16.4 Å². The van der Waals surface area contributed by atoms with Crippen molar-refractivity contribution in [2.75, 3.05) is 24.6 Å². The third-order valence-corrected chi connectivity index (χ3v) is 3.91. The average molecular weight is 278 g/mol. The molecule has 5 nitrogen and oxygen atoms in total. The van der Waals surface area contributed by atoms with Gasteiger partial charge >= 0.3 is 0 Å². The van der Waals surface area contributed by atoms with Gasteiger partial charge in [0.2, 0.25) is 5.91 Å². The smallest absolute Gasteiger partial charge is 0.227 e. The van der Waals surface area contributed by atoms with Crippen LogP contribution in [0.2, 0.25) is 0 Å². The lowest BCUT2D eigenvalue weighted by molar-refractivity contribution is -0.128. The number of carbonyl (C=O) groups is 1. The van der Waals surface area contributed by atoms with Crippen LogP contribution in [0.3, 0.4) is 0 Å². The van der Waals surface area contributed by atoms with Gasteiger partial charge in [0.15, 0.2) is 5.13 Å². The maximum Gasteiger partial charge on any atom is 0.227 e. The number of rotatable bonds is 4. The van der Waals surface area contributed by atoms with E-state index in [1.54, 1.807) is 7.05 Å². The molecule has 1 heterocycles. The molecule has 19 heavy (non-hydrogen) atoms. The maximum atomic E-state index is 11.7. The van der Waals surface area contributed by atoms with Crippen molar-refractivity contribution in [3.63, 3.8) is 0 Å². The lowest BCUT2D eigenvalue weighted by Crippen LogP contribution is -2.39. The Hall–Kier alpha value is -1.82. The van der Waals surface area contributed by atoms with Gasteiger partial charge in [0, 0.05) is 19.3 Å². The summed E-state index contributed by atoms with van der Waals surface area (Å²) >= 11 is 1.54. The lowest BCUT2D eigenvalue weighted by atomic mass is 9.92. The van der Waals surface area contributed by atoms with E-state index in [0.717, 1.165) is 21.0 Å². The molecule has 0 aliphatic rings. The molecular weight excluding hydrogens is 260 g/mol. The molecule has 0 saturated heterocycles. The molecule has 0 aliphatic heterocycles. The van der Waals surface area contributed by atoms with Gasteiger partial charge in [-0.2, -0.15) is 0 Å². The number of nitrogens with one attached hydrogen (secondary N) is 2. The van der Waals surface area contributed by atoms with Crippen LogP contribution in [0.15, 0.2) is 18.2 Å². The number of nitrogens with two attached hydrogens (primary N) is 1. The lowest BCUT2D eigenvalue weighted by Gasteiger charge is -2.22. The minimum absolute atomic E-state index is 0.00496. The number of fused-ring (bicyclic) bond motifs is 1. The molecule has 0 spiro atoms. The second-order valence-electron chi connectivity index (χ2n) is 5.06. The number of thiazole rings is 1. The van der Waals surface area contributed by atoms with E-state index in [0.29, 0.717) is 6.54 Å². The van der Waals surface area contributed by atoms with E-state index in [9.17, 15) is 4.79 Å². The van der Waals surface area contributed by atoms with Crippen molar-refractivity contribution in [3.05, 3.63) is 18.2 Å². The van der Waals surface area contributed by atoms with Gasteiger partial charge in [-0.05, 0) is 32.0 Å². The van der Waals surface area contributed by atoms with E-state index in [-0.39, 0.29) is 5.91 Å². The van der Waals surface area contributed by atoms with Crippen molar-refractivity contribution in [1.29, 1.82) is 0 Å². The van der Waals surface area contributed by atoms with Gasteiger partial charge in [-0.1, -0.05) is 11.3 Å². The quantitative estimate of drug-likeness (QED) is 0.748. The van der Waals surface area contributed by atoms with Gasteiger partial charge in [-0.25, -0.2) is 4.98 Å². The summed E-state index contributed by atoms with van der Waals surface area (Å²) < 4.78 is 1.04. The van der Waals surface area contributed by atoms with Gasteiger partial charge in [0.25, 0.3) is 0 Å². The predicted octanol–water partition coefficient (Wildman–Crippen LogP) is 2.06. The van der Waals surface area contributed by atoms with Crippen molar-refractivity contribution >= 4 is 38.3 Å². The summed E-state index contributed by atoms with van der Waals surface area (Å²) in [5.74, 6) is 0.00496. The minimum atomic E-state index is -0.481. The van der Waals surface area contributed by atoms with Crippen molar-refractivity contribution < 1.29 is 4.79 Å². The Kier molecular flexibility index (Phi) is 3.61. The van der Waals surface area contributed by atoms with E-state index >= 15 is 0 Å². The largest absolute Gasteiger partial charge is 0.399 e. The molecule has 102 valence electrons. The molecule has 6 heteroatoms. The molecule has 0 radical (unpaired) electrons. The van der Waals surface area contributed by atoms with E-state index in [2.05, 4.69) is 15.6 Å². The van der Waals surface area contributed by atoms with Crippen LogP contribution in [0.25, 0.3) is 10.2 Å². The zero-order valence-electron chi connectivity index (χ0n) is 11.3. The van der Waals surface area contributed by atoms with Crippen molar-refractivity contribution in [2.45, 2.75) is 13.8 Å². The molecule has 2 rings (SSSR count). The van der Waals surface area contributed by atoms with Crippen LogP contribution >= 0.6 is 11.3 Å². The molecule has 0 unspecified atom stereocenters. The first-order chi connectivity index (χ1) is 8.92. The zero-order chi connectivity index (χ0) is 14.0. The highest BCUT2D eigenvalue weighted by atomic mass is 32.1. The molecular formula is C13H18N4OS. The van der Waals surface area contributed by atoms with Gasteiger partial charge in [-0.3, -0.25) is 4.79 Å². The summed E-state index contributed by atoms with van der Waals surface area (Å²) in [5, 5.41) is 6.68. The summed E-state index contributed by atoms with van der Waals surface area (Å²) in [4.78, 5) is 16.1. The number of hydrogen-bond donors (Lipinski definition) is 3. The van der Waals surface area contributed by atoms with Crippen LogP contribution in [-0.2, 0) is 4.79 Å². The van der Waals surface area contributed by atoms with Crippen molar-refractivity contribution in [3.8, 4) is 0 Å². The van der Waals surface area contributed by atoms with Crippen molar-refractivity contribution in [1.82, 2.24) is 10.3 Å². The molecule has 1 aromatic carbocycles. The van der Waals surface area contributed by atoms with Crippen LogP contribution in [0.5, 0.6) is 0 Å². The Morgan fingerprint density at radius 3 is 2.89 bits per heavy atom. The molecule has 1 amide bonds. The number of nitrogens with zero attached hydrogens (tertiary/aromatic N) is 1.